The first-order valence-electron chi connectivity index (χ1n) is 11.9. The molecule has 0 aliphatic heterocycles. The fourth-order valence-corrected chi connectivity index (χ4v) is 4.35. The van der Waals surface area contributed by atoms with Crippen LogP contribution in [-0.4, -0.2) is 42.8 Å². The summed E-state index contributed by atoms with van der Waals surface area (Å²) in [7, 11) is 0. The van der Waals surface area contributed by atoms with Gasteiger partial charge in [0.1, 0.15) is 6.61 Å². The molecule has 2 atom stereocenters. The van der Waals surface area contributed by atoms with Crippen LogP contribution in [0.3, 0.4) is 0 Å². The van der Waals surface area contributed by atoms with Crippen LogP contribution < -0.4 is 10.6 Å². The van der Waals surface area contributed by atoms with Gasteiger partial charge in [-0.1, -0.05) is 69.3 Å². The van der Waals surface area contributed by atoms with E-state index in [2.05, 4.69) is 34.9 Å². The normalized spacial score (nSPS) is 14.1. The van der Waals surface area contributed by atoms with E-state index in [0.29, 0.717) is 13.0 Å². The second-order valence-electron chi connectivity index (χ2n) is 9.34. The summed E-state index contributed by atoms with van der Waals surface area (Å²) >= 11 is 0. The summed E-state index contributed by atoms with van der Waals surface area (Å²) in [5.41, 5.74) is 4.63. The van der Waals surface area contributed by atoms with Gasteiger partial charge in [0.25, 0.3) is 0 Å². The van der Waals surface area contributed by atoms with Gasteiger partial charge in [0.15, 0.2) is 0 Å². The lowest BCUT2D eigenvalue weighted by atomic mass is 9.94. The number of hydrogen-bond donors (Lipinski definition) is 3. The van der Waals surface area contributed by atoms with Gasteiger partial charge in [-0.15, -0.1) is 0 Å². The molecule has 0 fully saturated rings. The first-order valence-corrected chi connectivity index (χ1v) is 11.9. The van der Waals surface area contributed by atoms with E-state index in [1.807, 2.05) is 45.0 Å². The lowest BCUT2D eigenvalue weighted by molar-refractivity contribution is -0.137. The van der Waals surface area contributed by atoms with Crippen molar-refractivity contribution in [3.8, 4) is 11.1 Å². The Morgan fingerprint density at radius 3 is 2.06 bits per heavy atom. The van der Waals surface area contributed by atoms with E-state index in [9.17, 15) is 14.4 Å². The Morgan fingerprint density at radius 1 is 0.912 bits per heavy atom. The van der Waals surface area contributed by atoms with Crippen LogP contribution in [0.4, 0.5) is 4.79 Å². The van der Waals surface area contributed by atoms with Crippen LogP contribution in [0.25, 0.3) is 11.1 Å². The van der Waals surface area contributed by atoms with E-state index in [0.717, 1.165) is 11.1 Å². The monoisotopic (exact) mass is 466 g/mol. The van der Waals surface area contributed by atoms with Gasteiger partial charge in [-0.05, 0) is 40.5 Å². The van der Waals surface area contributed by atoms with E-state index in [1.54, 1.807) is 0 Å². The SMILES string of the molecule is CC(CCC(=O)O)CNC(=O)C(CNC(=O)OCC1c2ccccc2-c2ccccc21)C(C)C. The maximum absolute atomic E-state index is 12.7. The fourth-order valence-electron chi connectivity index (χ4n) is 4.35. The van der Waals surface area contributed by atoms with Crippen LogP contribution >= 0.6 is 0 Å². The Morgan fingerprint density at radius 2 is 1.50 bits per heavy atom. The fraction of sp³-hybridized carbons (Fsp3) is 0.444. The minimum absolute atomic E-state index is 0.0169. The number of fused-ring (bicyclic) bond motifs is 3. The van der Waals surface area contributed by atoms with Gasteiger partial charge in [0.2, 0.25) is 5.91 Å². The van der Waals surface area contributed by atoms with Gasteiger partial charge >= 0.3 is 12.1 Å². The van der Waals surface area contributed by atoms with Gasteiger partial charge < -0.3 is 20.5 Å². The summed E-state index contributed by atoms with van der Waals surface area (Å²) in [6, 6.07) is 16.3. The summed E-state index contributed by atoms with van der Waals surface area (Å²) in [6.45, 7) is 6.56. The highest BCUT2D eigenvalue weighted by Gasteiger charge is 2.29. The van der Waals surface area contributed by atoms with Crippen molar-refractivity contribution >= 4 is 18.0 Å². The van der Waals surface area contributed by atoms with Crippen LogP contribution in [0.1, 0.15) is 50.7 Å². The molecule has 0 bridgehead atoms. The van der Waals surface area contributed by atoms with Crippen molar-refractivity contribution in [2.24, 2.45) is 17.8 Å². The number of carbonyl (C=O) groups is 3. The highest BCUT2D eigenvalue weighted by molar-refractivity contribution is 5.80. The lowest BCUT2D eigenvalue weighted by Crippen LogP contribution is -2.42. The van der Waals surface area contributed by atoms with Crippen LogP contribution in [0.2, 0.25) is 0 Å². The third kappa shape index (κ3) is 6.37. The zero-order valence-corrected chi connectivity index (χ0v) is 20.0. The number of aliphatic carboxylic acids is 1. The second-order valence-corrected chi connectivity index (χ2v) is 9.34. The predicted molar refractivity (Wildman–Crippen MR) is 130 cm³/mol. The van der Waals surface area contributed by atoms with Crippen molar-refractivity contribution in [1.29, 1.82) is 0 Å². The number of carboxylic acids is 1. The average Bonchev–Trinajstić information content (AvgIpc) is 3.13. The van der Waals surface area contributed by atoms with Crippen molar-refractivity contribution in [2.75, 3.05) is 19.7 Å². The number of benzene rings is 2. The van der Waals surface area contributed by atoms with E-state index >= 15 is 0 Å². The molecule has 2 aromatic rings. The number of alkyl carbamates (subject to hydrolysis) is 1. The van der Waals surface area contributed by atoms with Crippen molar-refractivity contribution < 1.29 is 24.2 Å². The van der Waals surface area contributed by atoms with Crippen LogP contribution in [-0.2, 0) is 14.3 Å². The standard InChI is InChI=1S/C27H34N2O5/c1-17(2)23(26(32)28-14-18(3)12-13-25(30)31)15-29-27(33)34-16-24-21-10-6-4-8-19(21)20-9-5-7-11-22(20)24/h4-11,17-18,23-24H,12-16H2,1-3H3,(H,28,32)(H,29,33)(H,30,31). The molecule has 0 aromatic heterocycles. The Hall–Kier alpha value is -3.35. The summed E-state index contributed by atoms with van der Waals surface area (Å²) in [5, 5.41) is 14.4. The highest BCUT2D eigenvalue weighted by atomic mass is 16.5. The molecule has 0 radical (unpaired) electrons. The molecule has 2 unspecified atom stereocenters. The van der Waals surface area contributed by atoms with Crippen LogP contribution in [0, 0.1) is 17.8 Å². The van der Waals surface area contributed by atoms with Gasteiger partial charge in [0.05, 0.1) is 5.92 Å². The molecule has 3 N–H and O–H groups in total. The number of carboxylic acid groups (broad SMARTS) is 1. The minimum atomic E-state index is -0.842. The highest BCUT2D eigenvalue weighted by Crippen LogP contribution is 2.44. The molecule has 7 heteroatoms. The Balaban J connectivity index is 1.50. The first-order chi connectivity index (χ1) is 16.3. The summed E-state index contributed by atoms with van der Waals surface area (Å²) in [6.07, 6.45) is 0.0312. The molecule has 1 aliphatic carbocycles. The smallest absolute Gasteiger partial charge is 0.407 e. The van der Waals surface area contributed by atoms with E-state index in [-0.39, 0.29) is 43.2 Å². The molecule has 0 saturated heterocycles. The number of hydrogen-bond acceptors (Lipinski definition) is 4. The molecule has 0 saturated carbocycles. The number of nitrogens with one attached hydrogen (secondary N) is 2. The quantitative estimate of drug-likeness (QED) is 0.455. The third-order valence-electron chi connectivity index (χ3n) is 6.43. The molecule has 182 valence electrons. The summed E-state index contributed by atoms with van der Waals surface area (Å²) in [5.74, 6) is -1.35. The van der Waals surface area contributed by atoms with E-state index in [4.69, 9.17) is 9.84 Å². The van der Waals surface area contributed by atoms with Gasteiger partial charge in [0, 0.05) is 25.4 Å². The van der Waals surface area contributed by atoms with Crippen LogP contribution in [0.15, 0.2) is 48.5 Å². The molecule has 34 heavy (non-hydrogen) atoms. The Kier molecular flexibility index (Phi) is 8.68. The van der Waals surface area contributed by atoms with Gasteiger partial charge in [-0.2, -0.15) is 0 Å². The first kappa shape index (κ1) is 25.3. The maximum Gasteiger partial charge on any atom is 0.407 e. The molecular weight excluding hydrogens is 432 g/mol. The molecule has 7 nitrogen and oxygen atoms in total. The molecule has 0 heterocycles. The van der Waals surface area contributed by atoms with E-state index < -0.39 is 18.0 Å². The number of rotatable bonds is 11. The Labute approximate surface area is 200 Å². The molecular formula is C27H34N2O5. The zero-order valence-electron chi connectivity index (χ0n) is 20.0. The number of amides is 2. The van der Waals surface area contributed by atoms with E-state index in [1.165, 1.54) is 11.1 Å². The van der Waals surface area contributed by atoms with Crippen molar-refractivity contribution in [1.82, 2.24) is 10.6 Å². The molecule has 0 spiro atoms. The summed E-state index contributed by atoms with van der Waals surface area (Å²) in [4.78, 5) is 35.8. The number of ether oxygens (including phenoxy) is 1. The molecule has 2 aromatic carbocycles. The molecule has 2 amide bonds. The second kappa shape index (κ2) is 11.7. The predicted octanol–water partition coefficient (Wildman–Crippen LogP) is 4.41. The third-order valence-corrected chi connectivity index (χ3v) is 6.43. The Bertz CT molecular complexity index is 974. The molecule has 3 rings (SSSR count). The van der Waals surface area contributed by atoms with Crippen molar-refractivity contribution in [3.05, 3.63) is 59.7 Å². The van der Waals surface area contributed by atoms with Gasteiger partial charge in [-0.3, -0.25) is 9.59 Å². The van der Waals surface area contributed by atoms with Crippen molar-refractivity contribution in [2.45, 2.75) is 39.5 Å². The average molecular weight is 467 g/mol. The number of carbonyl (C=O) groups excluding carboxylic acids is 2. The zero-order chi connectivity index (χ0) is 24.7. The maximum atomic E-state index is 12.7. The van der Waals surface area contributed by atoms with Gasteiger partial charge in [-0.25, -0.2) is 4.79 Å². The largest absolute Gasteiger partial charge is 0.481 e. The lowest BCUT2D eigenvalue weighted by Gasteiger charge is -2.22. The minimum Gasteiger partial charge on any atom is -0.481 e. The molecule has 1 aliphatic rings. The summed E-state index contributed by atoms with van der Waals surface area (Å²) < 4.78 is 5.56. The van der Waals surface area contributed by atoms with Crippen molar-refractivity contribution in [3.63, 3.8) is 0 Å². The topological polar surface area (TPSA) is 105 Å². The van der Waals surface area contributed by atoms with Crippen LogP contribution in [0.5, 0.6) is 0 Å².